The van der Waals surface area contributed by atoms with Crippen molar-refractivity contribution in [3.63, 3.8) is 0 Å². The Morgan fingerprint density at radius 3 is 2.67 bits per heavy atom. The number of benzene rings is 1. The van der Waals surface area contributed by atoms with E-state index in [9.17, 15) is 9.59 Å². The lowest BCUT2D eigenvalue weighted by Crippen LogP contribution is -2.46. The van der Waals surface area contributed by atoms with Gasteiger partial charge in [0.1, 0.15) is 0 Å². The molecular weight excluding hydrogens is 266 g/mol. The Kier molecular flexibility index (Phi) is 5.33. The van der Waals surface area contributed by atoms with E-state index in [0.717, 1.165) is 31.5 Å². The van der Waals surface area contributed by atoms with Crippen LogP contribution in [-0.4, -0.2) is 35.8 Å². The maximum Gasteiger partial charge on any atom is 0.248 e. The van der Waals surface area contributed by atoms with Crippen molar-refractivity contribution in [1.82, 2.24) is 10.2 Å². The number of carbonyl (C=O) groups excluding carboxylic acids is 2. The lowest BCUT2D eigenvalue weighted by molar-refractivity contribution is -0.133. The fourth-order valence-corrected chi connectivity index (χ4v) is 2.58. The first-order valence-corrected chi connectivity index (χ1v) is 7.49. The SMILES string of the molecule is CC(NCc1cccc(C(N)=O)c1)C(=O)N1CCCCC1. The topological polar surface area (TPSA) is 75.4 Å². The van der Waals surface area contributed by atoms with Gasteiger partial charge in [-0.15, -0.1) is 0 Å². The molecule has 0 radical (unpaired) electrons. The lowest BCUT2D eigenvalue weighted by atomic mass is 10.1. The Morgan fingerprint density at radius 2 is 2.00 bits per heavy atom. The standard InChI is InChI=1S/C16H23N3O2/c1-12(16(21)19-8-3-2-4-9-19)18-11-13-6-5-7-14(10-13)15(17)20/h5-7,10,12,18H,2-4,8-9,11H2,1H3,(H2,17,20). The quantitative estimate of drug-likeness (QED) is 0.857. The van der Waals surface area contributed by atoms with Crippen LogP contribution < -0.4 is 11.1 Å². The highest BCUT2D eigenvalue weighted by molar-refractivity contribution is 5.92. The number of nitrogens with one attached hydrogen (secondary N) is 1. The van der Waals surface area contributed by atoms with Crippen molar-refractivity contribution < 1.29 is 9.59 Å². The van der Waals surface area contributed by atoms with Crippen LogP contribution in [0.4, 0.5) is 0 Å². The molecule has 114 valence electrons. The lowest BCUT2D eigenvalue weighted by Gasteiger charge is -2.29. The summed E-state index contributed by atoms with van der Waals surface area (Å²) in [4.78, 5) is 25.4. The number of amides is 2. The smallest absolute Gasteiger partial charge is 0.248 e. The Hall–Kier alpha value is -1.88. The summed E-state index contributed by atoms with van der Waals surface area (Å²) in [6.07, 6.45) is 3.41. The van der Waals surface area contributed by atoms with Gasteiger partial charge in [0.05, 0.1) is 6.04 Å². The summed E-state index contributed by atoms with van der Waals surface area (Å²) in [5, 5.41) is 3.22. The van der Waals surface area contributed by atoms with Crippen LogP contribution in [0.25, 0.3) is 0 Å². The van der Waals surface area contributed by atoms with Crippen LogP contribution >= 0.6 is 0 Å². The zero-order valence-corrected chi connectivity index (χ0v) is 12.5. The summed E-state index contributed by atoms with van der Waals surface area (Å²) in [5.74, 6) is -0.282. The molecule has 0 aromatic heterocycles. The molecule has 0 spiro atoms. The van der Waals surface area contributed by atoms with Gasteiger partial charge in [-0.2, -0.15) is 0 Å². The van der Waals surface area contributed by atoms with E-state index < -0.39 is 5.91 Å². The van der Waals surface area contributed by atoms with Crippen molar-refractivity contribution in [1.29, 1.82) is 0 Å². The summed E-state index contributed by atoms with van der Waals surface area (Å²) < 4.78 is 0. The van der Waals surface area contributed by atoms with Gasteiger partial charge in [-0.1, -0.05) is 12.1 Å². The maximum atomic E-state index is 12.3. The van der Waals surface area contributed by atoms with E-state index in [1.807, 2.05) is 17.9 Å². The molecule has 3 N–H and O–H groups in total. The fraction of sp³-hybridized carbons (Fsp3) is 0.500. The Balaban J connectivity index is 1.88. The number of hydrogen-bond donors (Lipinski definition) is 2. The Labute approximate surface area is 125 Å². The van der Waals surface area contributed by atoms with Gasteiger partial charge in [-0.05, 0) is 43.9 Å². The third-order valence-electron chi connectivity index (χ3n) is 3.86. The molecule has 0 aliphatic carbocycles. The van der Waals surface area contributed by atoms with Gasteiger partial charge in [-0.3, -0.25) is 9.59 Å². The summed E-state index contributed by atoms with van der Waals surface area (Å²) in [5.41, 5.74) is 6.70. The van der Waals surface area contributed by atoms with E-state index in [-0.39, 0.29) is 11.9 Å². The van der Waals surface area contributed by atoms with E-state index in [2.05, 4.69) is 5.32 Å². The largest absolute Gasteiger partial charge is 0.366 e. The Bertz CT molecular complexity index is 510. The molecule has 5 heteroatoms. The molecular formula is C16H23N3O2. The molecule has 0 saturated carbocycles. The molecule has 1 heterocycles. The zero-order chi connectivity index (χ0) is 15.2. The fourth-order valence-electron chi connectivity index (χ4n) is 2.58. The minimum absolute atomic E-state index is 0.153. The normalized spacial score (nSPS) is 16.5. The van der Waals surface area contributed by atoms with Crippen molar-refractivity contribution in [2.75, 3.05) is 13.1 Å². The first-order valence-electron chi connectivity index (χ1n) is 7.49. The summed E-state index contributed by atoms with van der Waals surface area (Å²) in [6, 6.07) is 6.94. The van der Waals surface area contributed by atoms with E-state index in [1.54, 1.807) is 18.2 Å². The van der Waals surface area contributed by atoms with E-state index >= 15 is 0 Å². The predicted octanol–water partition coefficient (Wildman–Crippen LogP) is 1.28. The minimum Gasteiger partial charge on any atom is -0.366 e. The molecule has 1 aromatic carbocycles. The van der Waals surface area contributed by atoms with E-state index in [4.69, 9.17) is 5.73 Å². The number of nitrogens with zero attached hydrogens (tertiary/aromatic N) is 1. The average Bonchev–Trinajstić information content (AvgIpc) is 2.53. The third kappa shape index (κ3) is 4.29. The molecule has 2 amide bonds. The van der Waals surface area contributed by atoms with Crippen molar-refractivity contribution >= 4 is 11.8 Å². The van der Waals surface area contributed by atoms with Gasteiger partial charge in [0, 0.05) is 25.2 Å². The van der Waals surface area contributed by atoms with Gasteiger partial charge in [0.15, 0.2) is 0 Å². The van der Waals surface area contributed by atoms with Gasteiger partial charge < -0.3 is 16.0 Å². The van der Waals surface area contributed by atoms with Crippen LogP contribution in [-0.2, 0) is 11.3 Å². The molecule has 1 unspecified atom stereocenters. The molecule has 21 heavy (non-hydrogen) atoms. The molecule has 5 nitrogen and oxygen atoms in total. The molecule has 0 bridgehead atoms. The number of primary amides is 1. The monoisotopic (exact) mass is 289 g/mol. The maximum absolute atomic E-state index is 12.3. The van der Waals surface area contributed by atoms with Gasteiger partial charge in [0.2, 0.25) is 11.8 Å². The van der Waals surface area contributed by atoms with Crippen LogP contribution in [0.3, 0.4) is 0 Å². The predicted molar refractivity (Wildman–Crippen MR) is 81.7 cm³/mol. The summed E-state index contributed by atoms with van der Waals surface area (Å²) in [6.45, 7) is 4.15. The molecule has 1 saturated heterocycles. The average molecular weight is 289 g/mol. The van der Waals surface area contributed by atoms with Gasteiger partial charge >= 0.3 is 0 Å². The second-order valence-electron chi connectivity index (χ2n) is 5.55. The number of rotatable bonds is 5. The highest BCUT2D eigenvalue weighted by Gasteiger charge is 2.21. The molecule has 1 aliphatic rings. The minimum atomic E-state index is -0.436. The molecule has 1 aromatic rings. The van der Waals surface area contributed by atoms with Crippen LogP contribution in [0.2, 0.25) is 0 Å². The Morgan fingerprint density at radius 1 is 1.29 bits per heavy atom. The third-order valence-corrected chi connectivity index (χ3v) is 3.86. The van der Waals surface area contributed by atoms with Crippen molar-refractivity contribution in [2.24, 2.45) is 5.73 Å². The van der Waals surface area contributed by atoms with Crippen molar-refractivity contribution in [3.8, 4) is 0 Å². The van der Waals surface area contributed by atoms with Crippen molar-refractivity contribution in [2.45, 2.75) is 38.8 Å². The molecule has 2 rings (SSSR count). The molecule has 1 fully saturated rings. The molecule has 1 atom stereocenters. The van der Waals surface area contributed by atoms with Gasteiger partial charge in [0.25, 0.3) is 0 Å². The van der Waals surface area contributed by atoms with Crippen molar-refractivity contribution in [3.05, 3.63) is 35.4 Å². The second kappa shape index (κ2) is 7.22. The van der Waals surface area contributed by atoms with Crippen LogP contribution in [0, 0.1) is 0 Å². The van der Waals surface area contributed by atoms with E-state index in [0.29, 0.717) is 12.1 Å². The summed E-state index contributed by atoms with van der Waals surface area (Å²) >= 11 is 0. The first kappa shape index (κ1) is 15.5. The highest BCUT2D eigenvalue weighted by Crippen LogP contribution is 2.10. The van der Waals surface area contributed by atoms with Crippen LogP contribution in [0.5, 0.6) is 0 Å². The number of carbonyl (C=O) groups is 2. The second-order valence-corrected chi connectivity index (χ2v) is 5.55. The number of piperidine rings is 1. The number of likely N-dealkylation sites (tertiary alicyclic amines) is 1. The van der Waals surface area contributed by atoms with Crippen LogP contribution in [0.15, 0.2) is 24.3 Å². The highest BCUT2D eigenvalue weighted by atomic mass is 16.2. The summed E-state index contributed by atoms with van der Waals surface area (Å²) in [7, 11) is 0. The van der Waals surface area contributed by atoms with Crippen LogP contribution in [0.1, 0.15) is 42.1 Å². The first-order chi connectivity index (χ1) is 10.1. The van der Waals surface area contributed by atoms with E-state index in [1.165, 1.54) is 6.42 Å². The van der Waals surface area contributed by atoms with Gasteiger partial charge in [-0.25, -0.2) is 0 Å². The zero-order valence-electron chi connectivity index (χ0n) is 12.5. The number of hydrogen-bond acceptors (Lipinski definition) is 3. The number of nitrogens with two attached hydrogens (primary N) is 1. The molecule has 1 aliphatic heterocycles.